The first kappa shape index (κ1) is 15.9. The van der Waals surface area contributed by atoms with Crippen LogP contribution in [0.15, 0.2) is 12.1 Å². The lowest BCUT2D eigenvalue weighted by Crippen LogP contribution is -2.35. The van der Waals surface area contributed by atoms with Gasteiger partial charge in [0.15, 0.2) is 0 Å². The van der Waals surface area contributed by atoms with E-state index in [9.17, 15) is 9.59 Å². The molecule has 0 aliphatic rings. The van der Waals surface area contributed by atoms with Crippen molar-refractivity contribution in [2.75, 3.05) is 5.43 Å². The van der Waals surface area contributed by atoms with Crippen molar-refractivity contribution >= 4 is 17.6 Å². The van der Waals surface area contributed by atoms with Crippen molar-refractivity contribution in [3.8, 4) is 0 Å². The number of hydrazine groups is 1. The molecule has 0 saturated carbocycles. The average Bonchev–Trinajstić information content (AvgIpc) is 2.36. The van der Waals surface area contributed by atoms with Gasteiger partial charge >= 0.3 is 0 Å². The summed E-state index contributed by atoms with van der Waals surface area (Å²) in [5.74, 6) is 5.18. The first-order chi connectivity index (χ1) is 9.33. The SMILES string of the molecule is CC(CC(N)=O)NC(=O)c1cc(NN)nc(C(C)C)c1. The van der Waals surface area contributed by atoms with Gasteiger partial charge in [0.05, 0.1) is 0 Å². The summed E-state index contributed by atoms with van der Waals surface area (Å²) >= 11 is 0. The predicted octanol–water partition coefficient (Wildman–Crippen LogP) is 0.484. The Labute approximate surface area is 118 Å². The van der Waals surface area contributed by atoms with E-state index in [1.165, 1.54) is 0 Å². The number of nitrogens with two attached hydrogens (primary N) is 2. The zero-order chi connectivity index (χ0) is 15.3. The minimum atomic E-state index is -0.459. The number of pyridine rings is 1. The van der Waals surface area contributed by atoms with Gasteiger partial charge in [-0.05, 0) is 25.0 Å². The third kappa shape index (κ3) is 4.51. The summed E-state index contributed by atoms with van der Waals surface area (Å²) < 4.78 is 0. The molecule has 0 aliphatic carbocycles. The lowest BCUT2D eigenvalue weighted by molar-refractivity contribution is -0.118. The highest BCUT2D eigenvalue weighted by Gasteiger charge is 2.14. The number of amides is 2. The van der Waals surface area contributed by atoms with Gasteiger partial charge in [-0.1, -0.05) is 13.8 Å². The summed E-state index contributed by atoms with van der Waals surface area (Å²) in [6.07, 6.45) is 0.0931. The molecule has 0 bridgehead atoms. The topological polar surface area (TPSA) is 123 Å². The van der Waals surface area contributed by atoms with E-state index >= 15 is 0 Å². The molecule has 7 heteroatoms. The molecule has 7 nitrogen and oxygen atoms in total. The Hall–Kier alpha value is -2.15. The Bertz CT molecular complexity index is 502. The fraction of sp³-hybridized carbons (Fsp3) is 0.462. The van der Waals surface area contributed by atoms with E-state index < -0.39 is 5.91 Å². The van der Waals surface area contributed by atoms with E-state index in [0.717, 1.165) is 5.69 Å². The molecule has 0 radical (unpaired) electrons. The highest BCUT2D eigenvalue weighted by Crippen LogP contribution is 2.17. The Morgan fingerprint density at radius 2 is 1.95 bits per heavy atom. The van der Waals surface area contributed by atoms with E-state index in [-0.39, 0.29) is 24.3 Å². The van der Waals surface area contributed by atoms with Gasteiger partial charge in [0.25, 0.3) is 5.91 Å². The molecule has 110 valence electrons. The van der Waals surface area contributed by atoms with Gasteiger partial charge < -0.3 is 16.5 Å². The maximum absolute atomic E-state index is 12.1. The minimum absolute atomic E-state index is 0.0931. The largest absolute Gasteiger partial charge is 0.370 e. The van der Waals surface area contributed by atoms with Crippen molar-refractivity contribution in [2.45, 2.75) is 39.2 Å². The number of primary amides is 1. The molecular weight excluding hydrogens is 258 g/mol. The molecule has 1 aromatic heterocycles. The maximum Gasteiger partial charge on any atom is 0.251 e. The number of nitrogen functional groups attached to an aromatic ring is 1. The summed E-state index contributed by atoms with van der Waals surface area (Å²) in [5, 5.41) is 2.71. The zero-order valence-electron chi connectivity index (χ0n) is 11.9. The van der Waals surface area contributed by atoms with Gasteiger partial charge in [-0.15, -0.1) is 0 Å². The molecule has 2 amide bonds. The highest BCUT2D eigenvalue weighted by atomic mass is 16.2. The van der Waals surface area contributed by atoms with Gasteiger partial charge in [0.1, 0.15) is 5.82 Å². The molecule has 0 aliphatic heterocycles. The van der Waals surface area contributed by atoms with Crippen LogP contribution >= 0.6 is 0 Å². The normalized spacial score (nSPS) is 12.1. The molecule has 1 rings (SSSR count). The van der Waals surface area contributed by atoms with Crippen LogP contribution in [0.1, 0.15) is 49.2 Å². The number of carbonyl (C=O) groups is 2. The van der Waals surface area contributed by atoms with Gasteiger partial charge in [-0.3, -0.25) is 9.59 Å². The lowest BCUT2D eigenvalue weighted by Gasteiger charge is -2.14. The van der Waals surface area contributed by atoms with Crippen molar-refractivity contribution in [3.05, 3.63) is 23.4 Å². The van der Waals surface area contributed by atoms with Gasteiger partial charge in [0.2, 0.25) is 5.91 Å². The standard InChI is InChI=1S/C13H21N5O2/c1-7(2)10-5-9(6-12(17-10)18-15)13(20)16-8(3)4-11(14)19/h5-8H,4,15H2,1-3H3,(H2,14,19)(H,16,20)(H,17,18). The van der Waals surface area contributed by atoms with Crippen molar-refractivity contribution in [1.29, 1.82) is 0 Å². The van der Waals surface area contributed by atoms with Crippen LogP contribution < -0.4 is 22.3 Å². The number of aromatic nitrogens is 1. The number of hydrogen-bond acceptors (Lipinski definition) is 5. The Balaban J connectivity index is 2.91. The molecule has 1 aromatic rings. The monoisotopic (exact) mass is 279 g/mol. The minimum Gasteiger partial charge on any atom is -0.370 e. The molecule has 0 aromatic carbocycles. The second-order valence-corrected chi connectivity index (χ2v) is 5.01. The fourth-order valence-electron chi connectivity index (χ4n) is 1.71. The van der Waals surface area contributed by atoms with E-state index in [0.29, 0.717) is 11.4 Å². The molecule has 1 atom stereocenters. The number of nitrogens with zero attached hydrogens (tertiary/aromatic N) is 1. The van der Waals surface area contributed by atoms with Crippen LogP contribution in [-0.2, 0) is 4.79 Å². The maximum atomic E-state index is 12.1. The van der Waals surface area contributed by atoms with E-state index in [2.05, 4.69) is 15.7 Å². The molecule has 1 unspecified atom stereocenters. The highest BCUT2D eigenvalue weighted by molar-refractivity contribution is 5.95. The van der Waals surface area contributed by atoms with Crippen LogP contribution in [0.25, 0.3) is 0 Å². The number of rotatable bonds is 6. The first-order valence-electron chi connectivity index (χ1n) is 6.41. The third-order valence-electron chi connectivity index (χ3n) is 2.73. The quantitative estimate of drug-likeness (QED) is 0.445. The van der Waals surface area contributed by atoms with Crippen LogP contribution in [0.4, 0.5) is 5.82 Å². The van der Waals surface area contributed by atoms with Crippen molar-refractivity contribution < 1.29 is 9.59 Å². The second-order valence-electron chi connectivity index (χ2n) is 5.01. The Morgan fingerprint density at radius 3 is 2.45 bits per heavy atom. The third-order valence-corrected chi connectivity index (χ3v) is 2.73. The number of anilines is 1. The van der Waals surface area contributed by atoms with Gasteiger partial charge in [-0.25, -0.2) is 10.8 Å². The average molecular weight is 279 g/mol. The molecule has 1 heterocycles. The lowest BCUT2D eigenvalue weighted by atomic mass is 10.1. The fourth-order valence-corrected chi connectivity index (χ4v) is 1.71. The molecule has 0 saturated heterocycles. The van der Waals surface area contributed by atoms with Crippen LogP contribution in [0, 0.1) is 0 Å². The summed E-state index contributed by atoms with van der Waals surface area (Å²) in [4.78, 5) is 27.2. The number of hydrogen-bond donors (Lipinski definition) is 4. The zero-order valence-corrected chi connectivity index (χ0v) is 11.9. The number of nitrogens with one attached hydrogen (secondary N) is 2. The molecular formula is C13H21N5O2. The van der Waals surface area contributed by atoms with E-state index in [4.69, 9.17) is 11.6 Å². The Kier molecular flexibility index (Phi) is 5.45. The number of carbonyl (C=O) groups excluding carboxylic acids is 2. The summed E-state index contributed by atoms with van der Waals surface area (Å²) in [6.45, 7) is 5.66. The van der Waals surface area contributed by atoms with Crippen molar-refractivity contribution in [3.63, 3.8) is 0 Å². The van der Waals surface area contributed by atoms with Gasteiger partial charge in [0, 0.05) is 23.7 Å². The molecule has 0 spiro atoms. The second kappa shape index (κ2) is 6.85. The van der Waals surface area contributed by atoms with Crippen LogP contribution in [0.5, 0.6) is 0 Å². The summed E-state index contributed by atoms with van der Waals surface area (Å²) in [7, 11) is 0. The van der Waals surface area contributed by atoms with Gasteiger partial charge in [-0.2, -0.15) is 0 Å². The molecule has 6 N–H and O–H groups in total. The van der Waals surface area contributed by atoms with Crippen LogP contribution in [0.3, 0.4) is 0 Å². The van der Waals surface area contributed by atoms with Crippen molar-refractivity contribution in [2.24, 2.45) is 11.6 Å². The smallest absolute Gasteiger partial charge is 0.251 e. The van der Waals surface area contributed by atoms with Crippen molar-refractivity contribution in [1.82, 2.24) is 10.3 Å². The summed E-state index contributed by atoms with van der Waals surface area (Å²) in [5.41, 5.74) is 8.72. The Morgan fingerprint density at radius 1 is 1.30 bits per heavy atom. The molecule has 0 fully saturated rings. The summed E-state index contributed by atoms with van der Waals surface area (Å²) in [6, 6.07) is 2.93. The van der Waals surface area contributed by atoms with Crippen LogP contribution in [-0.4, -0.2) is 22.8 Å². The van der Waals surface area contributed by atoms with E-state index in [1.807, 2.05) is 13.8 Å². The van der Waals surface area contributed by atoms with E-state index in [1.54, 1.807) is 19.1 Å². The molecule has 20 heavy (non-hydrogen) atoms. The predicted molar refractivity (Wildman–Crippen MR) is 76.9 cm³/mol. The van der Waals surface area contributed by atoms with Crippen LogP contribution in [0.2, 0.25) is 0 Å². The first-order valence-corrected chi connectivity index (χ1v) is 6.41.